The summed E-state index contributed by atoms with van der Waals surface area (Å²) in [4.78, 5) is 33.2. The maximum Gasteiger partial charge on any atom is 0.267 e. The number of para-hydroxylation sites is 1. The van der Waals surface area contributed by atoms with Crippen LogP contribution in [0, 0.1) is 0 Å². The van der Waals surface area contributed by atoms with Crippen molar-refractivity contribution in [2.75, 3.05) is 11.1 Å². The quantitative estimate of drug-likeness (QED) is 0.214. The van der Waals surface area contributed by atoms with E-state index in [4.69, 9.17) is 39.8 Å². The molecule has 34 heavy (non-hydrogen) atoms. The Kier molecular flexibility index (Phi) is 6.91. The molecule has 0 saturated heterocycles. The summed E-state index contributed by atoms with van der Waals surface area (Å²) < 4.78 is 1.57. The van der Waals surface area contributed by atoms with Gasteiger partial charge in [-0.2, -0.15) is 0 Å². The van der Waals surface area contributed by atoms with Gasteiger partial charge in [0.15, 0.2) is 5.16 Å². The van der Waals surface area contributed by atoms with Crippen molar-refractivity contribution in [2.45, 2.75) is 30.8 Å². The second-order valence-corrected chi connectivity index (χ2v) is 11.1. The maximum absolute atomic E-state index is 13.7. The van der Waals surface area contributed by atoms with Crippen LogP contribution in [0.15, 0.2) is 52.4 Å². The summed E-state index contributed by atoms with van der Waals surface area (Å²) in [6.45, 7) is 0. The number of carbonyl (C=O) groups is 1. The summed E-state index contributed by atoms with van der Waals surface area (Å²) >= 11 is 21.2. The Labute approximate surface area is 219 Å². The molecule has 2 aromatic heterocycles. The molecule has 0 saturated carbocycles. The van der Waals surface area contributed by atoms with Gasteiger partial charge in [-0.3, -0.25) is 14.2 Å². The highest BCUT2D eigenvalue weighted by atomic mass is 35.5. The van der Waals surface area contributed by atoms with E-state index in [0.717, 1.165) is 36.1 Å². The average molecular weight is 551 g/mol. The summed E-state index contributed by atoms with van der Waals surface area (Å²) in [5.41, 5.74) is 2.01. The zero-order valence-corrected chi connectivity index (χ0v) is 21.6. The Balaban J connectivity index is 1.53. The number of nitrogens with zero attached hydrogens (tertiary/aromatic N) is 2. The fourth-order valence-corrected chi connectivity index (χ4v) is 6.76. The van der Waals surface area contributed by atoms with Crippen molar-refractivity contribution in [1.82, 2.24) is 9.55 Å². The summed E-state index contributed by atoms with van der Waals surface area (Å²) in [5.74, 6) is -0.277. The van der Waals surface area contributed by atoms with Crippen molar-refractivity contribution in [3.05, 3.63) is 78.3 Å². The van der Waals surface area contributed by atoms with E-state index >= 15 is 0 Å². The number of amides is 1. The van der Waals surface area contributed by atoms with E-state index < -0.39 is 0 Å². The van der Waals surface area contributed by atoms with E-state index in [1.165, 1.54) is 16.6 Å². The van der Waals surface area contributed by atoms with Crippen LogP contribution in [-0.4, -0.2) is 21.2 Å². The third-order valence-electron chi connectivity index (χ3n) is 5.60. The number of halogens is 3. The number of thiophene rings is 1. The van der Waals surface area contributed by atoms with Crippen LogP contribution in [0.3, 0.4) is 0 Å². The first kappa shape index (κ1) is 23.7. The molecule has 0 bridgehead atoms. The van der Waals surface area contributed by atoms with Gasteiger partial charge in [-0.25, -0.2) is 4.98 Å². The molecule has 0 spiro atoms. The van der Waals surface area contributed by atoms with Crippen molar-refractivity contribution in [1.29, 1.82) is 0 Å². The number of nitrogens with one attached hydrogen (secondary N) is 1. The first-order chi connectivity index (χ1) is 16.4. The molecule has 1 aliphatic carbocycles. The van der Waals surface area contributed by atoms with Crippen LogP contribution >= 0.6 is 57.9 Å². The molecular formula is C24H18Cl3N3O2S2. The lowest BCUT2D eigenvalue weighted by atomic mass is 9.97. The van der Waals surface area contributed by atoms with Crippen molar-refractivity contribution in [3.63, 3.8) is 0 Å². The van der Waals surface area contributed by atoms with Crippen molar-refractivity contribution in [2.24, 2.45) is 0 Å². The molecule has 2 aromatic carbocycles. The largest absolute Gasteiger partial charge is 0.323 e. The molecule has 4 aromatic rings. The van der Waals surface area contributed by atoms with E-state index in [-0.39, 0.29) is 17.2 Å². The van der Waals surface area contributed by atoms with Gasteiger partial charge in [0, 0.05) is 9.90 Å². The van der Waals surface area contributed by atoms with Crippen molar-refractivity contribution in [3.8, 4) is 5.69 Å². The number of aryl methyl sites for hydroxylation is 2. The zero-order valence-electron chi connectivity index (χ0n) is 17.7. The van der Waals surface area contributed by atoms with Gasteiger partial charge in [0.1, 0.15) is 4.83 Å². The van der Waals surface area contributed by atoms with Gasteiger partial charge in [-0.05, 0) is 67.6 Å². The molecule has 174 valence electrons. The van der Waals surface area contributed by atoms with Gasteiger partial charge < -0.3 is 5.32 Å². The molecular weight excluding hydrogens is 533 g/mol. The summed E-state index contributed by atoms with van der Waals surface area (Å²) in [5, 5.41) is 5.16. The third-order valence-corrected chi connectivity index (χ3v) is 8.61. The molecule has 5 rings (SSSR count). The summed E-state index contributed by atoms with van der Waals surface area (Å²) in [6.07, 6.45) is 4.05. The fraction of sp³-hybridized carbons (Fsp3) is 0.208. The minimum Gasteiger partial charge on any atom is -0.323 e. The number of fused-ring (bicyclic) bond motifs is 3. The predicted molar refractivity (Wildman–Crippen MR) is 143 cm³/mol. The SMILES string of the molecule is O=C(CSc1nc2sc3c(c2c(=O)n1-c1ccc(Cl)cc1)CCCC3)Nc1c(Cl)cccc1Cl. The fourth-order valence-electron chi connectivity index (χ4n) is 4.02. The van der Waals surface area contributed by atoms with Gasteiger partial charge in [0.2, 0.25) is 5.91 Å². The molecule has 1 amide bonds. The van der Waals surface area contributed by atoms with Crippen LogP contribution in [-0.2, 0) is 17.6 Å². The van der Waals surface area contributed by atoms with E-state index in [9.17, 15) is 9.59 Å². The third kappa shape index (κ3) is 4.60. The molecule has 1 N–H and O–H groups in total. The Morgan fingerprint density at radius 3 is 2.50 bits per heavy atom. The van der Waals surface area contributed by atoms with Crippen molar-refractivity contribution < 1.29 is 4.79 Å². The van der Waals surface area contributed by atoms with Crippen LogP contribution in [0.1, 0.15) is 23.3 Å². The highest BCUT2D eigenvalue weighted by molar-refractivity contribution is 7.99. The maximum atomic E-state index is 13.7. The second-order valence-electron chi connectivity index (χ2n) is 7.84. The Hall–Kier alpha value is -2.03. The first-order valence-electron chi connectivity index (χ1n) is 10.6. The molecule has 10 heteroatoms. The van der Waals surface area contributed by atoms with E-state index in [2.05, 4.69) is 5.32 Å². The molecule has 0 radical (unpaired) electrons. The van der Waals surface area contributed by atoms with Gasteiger partial charge in [0.25, 0.3) is 5.56 Å². The number of rotatable bonds is 5. The van der Waals surface area contributed by atoms with Gasteiger partial charge in [0.05, 0.1) is 32.6 Å². The average Bonchev–Trinajstić information content (AvgIpc) is 3.20. The molecule has 0 unspecified atom stereocenters. The smallest absolute Gasteiger partial charge is 0.267 e. The molecule has 2 heterocycles. The number of anilines is 1. The monoisotopic (exact) mass is 549 g/mol. The van der Waals surface area contributed by atoms with E-state index in [1.807, 2.05) is 0 Å². The Morgan fingerprint density at radius 1 is 1.06 bits per heavy atom. The van der Waals surface area contributed by atoms with Crippen LogP contribution < -0.4 is 10.9 Å². The normalized spacial score (nSPS) is 13.1. The number of hydrogen-bond acceptors (Lipinski definition) is 5. The Bertz CT molecular complexity index is 1450. The van der Waals surface area contributed by atoms with Gasteiger partial charge >= 0.3 is 0 Å². The predicted octanol–water partition coefficient (Wildman–Crippen LogP) is 7.02. The van der Waals surface area contributed by atoms with E-state index in [1.54, 1.807) is 58.4 Å². The Morgan fingerprint density at radius 2 is 1.76 bits per heavy atom. The lowest BCUT2D eigenvalue weighted by Gasteiger charge is -2.14. The first-order valence-corrected chi connectivity index (χ1v) is 13.6. The molecule has 0 aliphatic heterocycles. The van der Waals surface area contributed by atoms with Crippen LogP contribution in [0.5, 0.6) is 0 Å². The van der Waals surface area contributed by atoms with Gasteiger partial charge in [-0.15, -0.1) is 11.3 Å². The minimum absolute atomic E-state index is 0.0260. The highest BCUT2D eigenvalue weighted by Crippen LogP contribution is 2.35. The topological polar surface area (TPSA) is 64.0 Å². The molecule has 0 fully saturated rings. The molecule has 5 nitrogen and oxygen atoms in total. The highest BCUT2D eigenvalue weighted by Gasteiger charge is 2.23. The minimum atomic E-state index is -0.303. The lowest BCUT2D eigenvalue weighted by Crippen LogP contribution is -2.23. The molecule has 0 atom stereocenters. The summed E-state index contributed by atoms with van der Waals surface area (Å²) in [6, 6.07) is 12.0. The van der Waals surface area contributed by atoms with Crippen LogP contribution in [0.2, 0.25) is 15.1 Å². The zero-order chi connectivity index (χ0) is 23.8. The number of benzene rings is 2. The standard InChI is InChI=1S/C24H18Cl3N3O2S2/c25-13-8-10-14(11-9-13)30-23(32)20-15-4-1-2-7-18(15)34-22(20)29-24(30)33-12-19(31)28-21-16(26)5-3-6-17(21)27/h3,5-6,8-11H,1-2,4,7,12H2,(H,28,31). The lowest BCUT2D eigenvalue weighted by molar-refractivity contribution is -0.113. The van der Waals surface area contributed by atoms with Gasteiger partial charge in [-0.1, -0.05) is 52.6 Å². The van der Waals surface area contributed by atoms with Crippen molar-refractivity contribution >= 4 is 79.7 Å². The summed E-state index contributed by atoms with van der Waals surface area (Å²) in [7, 11) is 0. The van der Waals surface area contributed by atoms with E-state index in [0.29, 0.717) is 37.0 Å². The second kappa shape index (κ2) is 9.91. The van der Waals surface area contributed by atoms with Crippen LogP contribution in [0.4, 0.5) is 5.69 Å². The number of hydrogen-bond donors (Lipinski definition) is 1. The van der Waals surface area contributed by atoms with Crippen LogP contribution in [0.25, 0.3) is 15.9 Å². The number of carbonyl (C=O) groups excluding carboxylic acids is 1. The number of thioether (sulfide) groups is 1. The molecule has 1 aliphatic rings. The number of aromatic nitrogens is 2.